The van der Waals surface area contributed by atoms with Crippen molar-refractivity contribution in [3.63, 3.8) is 0 Å². The standard InChI is InChI=1S/C22H34N2O3S/c1-20(2,3)27-19(25)24-13-11-22(12-14-24)15-16-9-7-8-10-17(16)18(22)23-28(26)21(4,5)6/h7-10,18,23H,11-15H2,1-6H3/t18-,28-/m1/s1. The molecule has 0 bridgehead atoms. The molecule has 2 atom stereocenters. The van der Waals surface area contributed by atoms with Gasteiger partial charge >= 0.3 is 6.09 Å². The molecule has 1 aromatic carbocycles. The van der Waals surface area contributed by atoms with Crippen LogP contribution in [0.15, 0.2) is 24.3 Å². The van der Waals surface area contributed by atoms with Gasteiger partial charge in [-0.05, 0) is 71.9 Å². The second kappa shape index (κ2) is 7.54. The van der Waals surface area contributed by atoms with Gasteiger partial charge in [-0.15, -0.1) is 4.72 Å². The highest BCUT2D eigenvalue weighted by Gasteiger charge is 2.51. The molecule has 1 amide bonds. The molecule has 6 heteroatoms. The summed E-state index contributed by atoms with van der Waals surface area (Å²) in [5.74, 6) is 0. The fourth-order valence-corrected chi connectivity index (χ4v) is 5.13. The summed E-state index contributed by atoms with van der Waals surface area (Å²) >= 11 is -1.15. The summed E-state index contributed by atoms with van der Waals surface area (Å²) in [6.07, 6.45) is 2.48. The van der Waals surface area contributed by atoms with Crippen LogP contribution in [0, 0.1) is 5.41 Å². The van der Waals surface area contributed by atoms with Crippen LogP contribution in [0.25, 0.3) is 0 Å². The van der Waals surface area contributed by atoms with E-state index < -0.39 is 17.0 Å². The lowest BCUT2D eigenvalue weighted by molar-refractivity contribution is 0.00716. The Morgan fingerprint density at radius 1 is 1.18 bits per heavy atom. The maximum atomic E-state index is 12.9. The van der Waals surface area contributed by atoms with E-state index in [1.54, 1.807) is 0 Å². The summed E-state index contributed by atoms with van der Waals surface area (Å²) in [4.78, 5) is 14.3. The number of rotatable bonds is 2. The van der Waals surface area contributed by atoms with Crippen LogP contribution in [0.2, 0.25) is 0 Å². The van der Waals surface area contributed by atoms with Gasteiger partial charge in [-0.25, -0.2) is 4.79 Å². The molecule has 28 heavy (non-hydrogen) atoms. The Hall–Kier alpha value is -1.24. The number of benzene rings is 1. The number of fused-ring (bicyclic) bond motifs is 1. The molecule has 3 rings (SSSR count). The Kier molecular flexibility index (Phi) is 5.78. The quantitative estimate of drug-likeness (QED) is 0.742. The van der Waals surface area contributed by atoms with Crippen molar-refractivity contribution in [1.29, 1.82) is 0 Å². The Morgan fingerprint density at radius 3 is 2.36 bits per heavy atom. The number of amides is 1. The fraction of sp³-hybridized carbons (Fsp3) is 0.682. The molecule has 0 saturated carbocycles. The number of hydrogen-bond acceptors (Lipinski definition) is 4. The van der Waals surface area contributed by atoms with Gasteiger partial charge in [-0.3, -0.25) is 0 Å². The number of hydrogen-bond donors (Lipinski definition) is 1. The minimum absolute atomic E-state index is 0.0108. The molecule has 1 aliphatic heterocycles. The number of piperidine rings is 1. The average molecular weight is 407 g/mol. The van der Waals surface area contributed by atoms with Crippen LogP contribution in [0.5, 0.6) is 0 Å². The zero-order chi connectivity index (χ0) is 20.7. The van der Waals surface area contributed by atoms with Gasteiger partial charge in [0.2, 0.25) is 0 Å². The first kappa shape index (κ1) is 21.5. The van der Waals surface area contributed by atoms with E-state index >= 15 is 0 Å². The van der Waals surface area contributed by atoms with E-state index in [0.717, 1.165) is 19.3 Å². The van der Waals surface area contributed by atoms with Gasteiger partial charge in [0.15, 0.2) is 0 Å². The molecular weight excluding hydrogens is 372 g/mol. The molecule has 2 aliphatic rings. The molecule has 1 fully saturated rings. The molecule has 1 aromatic rings. The molecule has 156 valence electrons. The van der Waals surface area contributed by atoms with Crippen LogP contribution in [0.4, 0.5) is 4.79 Å². The lowest BCUT2D eigenvalue weighted by Crippen LogP contribution is -2.51. The maximum absolute atomic E-state index is 12.9. The highest BCUT2D eigenvalue weighted by Crippen LogP contribution is 2.52. The van der Waals surface area contributed by atoms with Crippen LogP contribution < -0.4 is 4.72 Å². The third kappa shape index (κ3) is 4.50. The number of carbonyl (C=O) groups is 1. The molecule has 1 spiro atoms. The summed E-state index contributed by atoms with van der Waals surface area (Å²) in [7, 11) is 0. The lowest BCUT2D eigenvalue weighted by atomic mass is 9.73. The fourth-order valence-electron chi connectivity index (χ4n) is 4.19. The molecule has 0 radical (unpaired) electrons. The van der Waals surface area contributed by atoms with Crippen molar-refractivity contribution >= 4 is 17.5 Å². The van der Waals surface area contributed by atoms with E-state index in [-0.39, 0.29) is 22.3 Å². The van der Waals surface area contributed by atoms with Gasteiger partial charge in [-0.1, -0.05) is 24.3 Å². The van der Waals surface area contributed by atoms with Crippen molar-refractivity contribution in [2.45, 2.75) is 77.2 Å². The normalized spacial score (nSPS) is 22.8. The smallest absolute Gasteiger partial charge is 0.410 e. The van der Waals surface area contributed by atoms with Crippen LogP contribution in [0.3, 0.4) is 0 Å². The predicted molar refractivity (Wildman–Crippen MR) is 113 cm³/mol. The van der Waals surface area contributed by atoms with E-state index in [9.17, 15) is 9.35 Å². The first-order valence-electron chi connectivity index (χ1n) is 10.2. The third-order valence-electron chi connectivity index (χ3n) is 5.71. The zero-order valence-corrected chi connectivity index (χ0v) is 18.8. The van der Waals surface area contributed by atoms with Gasteiger partial charge in [0, 0.05) is 29.9 Å². The third-order valence-corrected chi connectivity index (χ3v) is 7.28. The van der Waals surface area contributed by atoms with Crippen LogP contribution in [-0.2, 0) is 22.5 Å². The number of likely N-dealkylation sites (tertiary alicyclic amines) is 1. The minimum atomic E-state index is -1.15. The molecule has 1 N–H and O–H groups in total. The summed E-state index contributed by atoms with van der Waals surface area (Å²) in [5, 5.41) is 0. The largest absolute Gasteiger partial charge is 0.598 e. The van der Waals surface area contributed by atoms with E-state index in [1.807, 2.05) is 46.4 Å². The molecule has 0 aromatic heterocycles. The summed E-state index contributed by atoms with van der Waals surface area (Å²) in [6.45, 7) is 13.0. The highest BCUT2D eigenvalue weighted by atomic mass is 32.2. The van der Waals surface area contributed by atoms with Crippen LogP contribution >= 0.6 is 0 Å². The molecule has 1 heterocycles. The number of carbonyl (C=O) groups excluding carboxylic acids is 1. The summed E-state index contributed by atoms with van der Waals surface area (Å²) in [6, 6.07) is 8.51. The van der Waals surface area contributed by atoms with Crippen molar-refractivity contribution in [1.82, 2.24) is 9.62 Å². The summed E-state index contributed by atoms with van der Waals surface area (Å²) < 4.78 is 21.6. The number of nitrogens with one attached hydrogen (secondary N) is 1. The van der Waals surface area contributed by atoms with E-state index in [1.165, 1.54) is 11.1 Å². The first-order valence-corrected chi connectivity index (χ1v) is 11.3. The van der Waals surface area contributed by atoms with Gasteiger partial charge < -0.3 is 14.2 Å². The Morgan fingerprint density at radius 2 is 1.79 bits per heavy atom. The average Bonchev–Trinajstić information content (AvgIpc) is 2.86. The minimum Gasteiger partial charge on any atom is -0.598 e. The number of nitrogens with zero attached hydrogens (tertiary/aromatic N) is 1. The van der Waals surface area contributed by atoms with Crippen molar-refractivity contribution in [2.75, 3.05) is 13.1 Å². The Bertz CT molecular complexity index is 715. The predicted octanol–water partition coefficient (Wildman–Crippen LogP) is 4.35. The van der Waals surface area contributed by atoms with E-state index in [0.29, 0.717) is 13.1 Å². The monoisotopic (exact) mass is 406 g/mol. The highest BCUT2D eigenvalue weighted by molar-refractivity contribution is 7.90. The second-order valence-corrected chi connectivity index (χ2v) is 12.1. The number of ether oxygens (including phenoxy) is 1. The molecule has 1 aliphatic carbocycles. The molecule has 1 saturated heterocycles. The van der Waals surface area contributed by atoms with Crippen LogP contribution in [0.1, 0.15) is 71.6 Å². The lowest BCUT2D eigenvalue weighted by Gasteiger charge is -2.43. The Labute approximate surface area is 172 Å². The van der Waals surface area contributed by atoms with Gasteiger partial charge in [0.25, 0.3) is 0 Å². The summed E-state index contributed by atoms with van der Waals surface area (Å²) in [5.41, 5.74) is 2.09. The first-order chi connectivity index (χ1) is 12.9. The van der Waals surface area contributed by atoms with Gasteiger partial charge in [0.1, 0.15) is 10.3 Å². The van der Waals surface area contributed by atoms with Crippen molar-refractivity contribution < 1.29 is 14.1 Å². The Balaban J connectivity index is 1.78. The molecular formula is C22H34N2O3S. The zero-order valence-electron chi connectivity index (χ0n) is 18.0. The van der Waals surface area contributed by atoms with Gasteiger partial charge in [-0.2, -0.15) is 0 Å². The van der Waals surface area contributed by atoms with Gasteiger partial charge in [0.05, 0.1) is 6.04 Å². The second-order valence-electron chi connectivity index (χ2n) is 10.1. The maximum Gasteiger partial charge on any atom is 0.410 e. The van der Waals surface area contributed by atoms with Crippen molar-refractivity contribution in [2.24, 2.45) is 5.41 Å². The van der Waals surface area contributed by atoms with Crippen molar-refractivity contribution in [3.05, 3.63) is 35.4 Å². The molecule has 5 nitrogen and oxygen atoms in total. The van der Waals surface area contributed by atoms with E-state index in [4.69, 9.17) is 4.74 Å². The topological polar surface area (TPSA) is 64.6 Å². The van der Waals surface area contributed by atoms with Crippen molar-refractivity contribution in [3.8, 4) is 0 Å². The van der Waals surface area contributed by atoms with Crippen LogP contribution in [-0.4, -0.2) is 39.0 Å². The molecule has 0 unspecified atom stereocenters. The van der Waals surface area contributed by atoms with E-state index in [2.05, 4.69) is 29.0 Å². The SMILES string of the molecule is CC(C)(C)OC(=O)N1CCC2(CC1)Cc1ccccc1[C@H]2N[S@+]([O-])C(C)(C)C.